The quantitative estimate of drug-likeness (QED) is 0.702. The molecular formula is C22H26FN5O3. The van der Waals surface area contributed by atoms with E-state index in [2.05, 4.69) is 15.3 Å². The highest BCUT2D eigenvalue weighted by molar-refractivity contribution is 5.94. The number of aryl methyl sites for hydroxylation is 1. The minimum absolute atomic E-state index is 0.00903. The summed E-state index contributed by atoms with van der Waals surface area (Å²) < 4.78 is 13.0. The van der Waals surface area contributed by atoms with Crippen molar-refractivity contribution in [2.75, 3.05) is 6.54 Å². The predicted molar refractivity (Wildman–Crippen MR) is 111 cm³/mol. The first kappa shape index (κ1) is 22.3. The number of nitrogens with two attached hydrogens (primary N) is 1. The van der Waals surface area contributed by atoms with Crippen LogP contribution in [0.25, 0.3) is 0 Å². The molecule has 0 spiro atoms. The molecule has 2 heterocycles. The van der Waals surface area contributed by atoms with Crippen molar-refractivity contribution < 1.29 is 18.8 Å². The van der Waals surface area contributed by atoms with E-state index in [-0.39, 0.29) is 43.1 Å². The lowest BCUT2D eigenvalue weighted by Crippen LogP contribution is -2.39. The number of carbonyl (C=O) groups is 3. The van der Waals surface area contributed by atoms with Crippen LogP contribution in [-0.4, -0.2) is 39.1 Å². The molecule has 0 bridgehead atoms. The van der Waals surface area contributed by atoms with Gasteiger partial charge in [-0.25, -0.2) is 14.4 Å². The Morgan fingerprint density at radius 3 is 2.61 bits per heavy atom. The lowest BCUT2D eigenvalue weighted by Gasteiger charge is -2.35. The molecule has 1 fully saturated rings. The van der Waals surface area contributed by atoms with E-state index in [1.807, 2.05) is 0 Å². The van der Waals surface area contributed by atoms with Crippen molar-refractivity contribution >= 4 is 17.7 Å². The Kier molecular flexibility index (Phi) is 7.28. The van der Waals surface area contributed by atoms with Crippen molar-refractivity contribution in [1.82, 2.24) is 20.2 Å². The van der Waals surface area contributed by atoms with E-state index >= 15 is 0 Å². The molecule has 3 N–H and O–H groups in total. The second-order valence-corrected chi connectivity index (χ2v) is 7.60. The van der Waals surface area contributed by atoms with Crippen molar-refractivity contribution in [3.05, 3.63) is 58.9 Å². The van der Waals surface area contributed by atoms with Gasteiger partial charge in [0.2, 0.25) is 11.8 Å². The maximum absolute atomic E-state index is 13.0. The predicted octanol–water partition coefficient (Wildman–Crippen LogP) is 2.17. The van der Waals surface area contributed by atoms with E-state index in [1.165, 1.54) is 18.3 Å². The number of aromatic nitrogens is 2. The third-order valence-electron chi connectivity index (χ3n) is 5.32. The first-order valence-corrected chi connectivity index (χ1v) is 10.3. The van der Waals surface area contributed by atoms with Crippen molar-refractivity contribution in [3.63, 3.8) is 0 Å². The molecule has 1 aliphatic heterocycles. The summed E-state index contributed by atoms with van der Waals surface area (Å²) in [6.45, 7) is 2.55. The van der Waals surface area contributed by atoms with Crippen LogP contribution in [0.4, 0.5) is 4.39 Å². The second kappa shape index (κ2) is 10.1. The molecular weight excluding hydrogens is 401 g/mol. The molecule has 1 aromatic heterocycles. The van der Waals surface area contributed by atoms with Gasteiger partial charge in [0.1, 0.15) is 5.82 Å². The van der Waals surface area contributed by atoms with Crippen LogP contribution in [0.1, 0.15) is 65.6 Å². The van der Waals surface area contributed by atoms with Crippen molar-refractivity contribution in [1.29, 1.82) is 0 Å². The molecule has 1 aromatic carbocycles. The molecule has 9 heteroatoms. The third-order valence-corrected chi connectivity index (χ3v) is 5.32. The number of hydrogen-bond donors (Lipinski definition) is 2. The number of nitrogens with one attached hydrogen (secondary N) is 1. The molecule has 0 unspecified atom stereocenters. The van der Waals surface area contributed by atoms with Gasteiger partial charge in [0.25, 0.3) is 5.91 Å². The first-order chi connectivity index (χ1) is 14.8. The van der Waals surface area contributed by atoms with Gasteiger partial charge >= 0.3 is 0 Å². The van der Waals surface area contributed by atoms with E-state index in [1.54, 1.807) is 24.0 Å². The van der Waals surface area contributed by atoms with E-state index in [9.17, 15) is 18.8 Å². The SMILES string of the molecule is Cc1nc([C@H]2CCCCN2C(=O)CCC(N)=O)ncc1C(=O)NCc1ccc(F)cc1. The molecule has 0 radical (unpaired) electrons. The molecule has 3 rings (SSSR count). The first-order valence-electron chi connectivity index (χ1n) is 10.3. The highest BCUT2D eigenvalue weighted by atomic mass is 19.1. The van der Waals surface area contributed by atoms with E-state index < -0.39 is 5.91 Å². The number of amides is 3. The molecule has 31 heavy (non-hydrogen) atoms. The second-order valence-electron chi connectivity index (χ2n) is 7.60. The normalized spacial score (nSPS) is 16.1. The van der Waals surface area contributed by atoms with Crippen LogP contribution < -0.4 is 11.1 Å². The van der Waals surface area contributed by atoms with Gasteiger partial charge in [-0.2, -0.15) is 0 Å². The molecule has 164 valence electrons. The van der Waals surface area contributed by atoms with Gasteiger partial charge in [-0.15, -0.1) is 0 Å². The highest BCUT2D eigenvalue weighted by Crippen LogP contribution is 2.30. The Bertz CT molecular complexity index is 964. The van der Waals surface area contributed by atoms with Crippen molar-refractivity contribution in [3.8, 4) is 0 Å². The number of hydrogen-bond acceptors (Lipinski definition) is 5. The molecule has 3 amide bonds. The number of halogens is 1. The minimum Gasteiger partial charge on any atom is -0.370 e. The van der Waals surface area contributed by atoms with Crippen molar-refractivity contribution in [2.24, 2.45) is 5.73 Å². The summed E-state index contributed by atoms with van der Waals surface area (Å²) in [5, 5.41) is 2.78. The summed E-state index contributed by atoms with van der Waals surface area (Å²) in [6.07, 6.45) is 4.08. The fourth-order valence-corrected chi connectivity index (χ4v) is 3.62. The van der Waals surface area contributed by atoms with E-state index in [0.29, 0.717) is 23.6 Å². The smallest absolute Gasteiger partial charge is 0.254 e. The summed E-state index contributed by atoms with van der Waals surface area (Å²) in [6, 6.07) is 5.60. The number of likely N-dealkylation sites (tertiary alicyclic amines) is 1. The Balaban J connectivity index is 1.69. The zero-order chi connectivity index (χ0) is 22.4. The maximum atomic E-state index is 13.0. The van der Waals surface area contributed by atoms with Gasteiger partial charge in [0, 0.05) is 32.1 Å². The molecule has 0 saturated carbocycles. The zero-order valence-corrected chi connectivity index (χ0v) is 17.4. The van der Waals surface area contributed by atoms with Gasteiger partial charge in [-0.05, 0) is 43.9 Å². The lowest BCUT2D eigenvalue weighted by molar-refractivity contribution is -0.136. The number of benzene rings is 1. The Morgan fingerprint density at radius 1 is 1.19 bits per heavy atom. The Morgan fingerprint density at radius 2 is 1.94 bits per heavy atom. The van der Waals surface area contributed by atoms with Gasteiger partial charge in [-0.1, -0.05) is 12.1 Å². The molecule has 2 aromatic rings. The van der Waals surface area contributed by atoms with Gasteiger partial charge in [-0.3, -0.25) is 14.4 Å². The fraction of sp³-hybridized carbons (Fsp3) is 0.409. The number of primary amides is 1. The average Bonchev–Trinajstić information content (AvgIpc) is 2.76. The number of piperidine rings is 1. The van der Waals surface area contributed by atoms with Gasteiger partial charge in [0.15, 0.2) is 5.82 Å². The maximum Gasteiger partial charge on any atom is 0.254 e. The molecule has 1 aliphatic rings. The number of nitrogens with zero attached hydrogens (tertiary/aromatic N) is 3. The number of carbonyl (C=O) groups excluding carboxylic acids is 3. The lowest BCUT2D eigenvalue weighted by atomic mass is 10.00. The van der Waals surface area contributed by atoms with Crippen LogP contribution in [0.5, 0.6) is 0 Å². The zero-order valence-electron chi connectivity index (χ0n) is 17.4. The summed E-state index contributed by atoms with van der Waals surface area (Å²) in [4.78, 5) is 46.7. The van der Waals surface area contributed by atoms with Crippen LogP contribution >= 0.6 is 0 Å². The van der Waals surface area contributed by atoms with Crippen LogP contribution in [0.15, 0.2) is 30.5 Å². The molecule has 0 aliphatic carbocycles. The molecule has 1 atom stereocenters. The summed E-state index contributed by atoms with van der Waals surface area (Å²) in [5.74, 6) is -0.832. The highest BCUT2D eigenvalue weighted by Gasteiger charge is 2.30. The van der Waals surface area contributed by atoms with Crippen LogP contribution in [0, 0.1) is 12.7 Å². The van der Waals surface area contributed by atoms with Gasteiger partial charge in [0.05, 0.1) is 17.3 Å². The summed E-state index contributed by atoms with van der Waals surface area (Å²) >= 11 is 0. The largest absolute Gasteiger partial charge is 0.370 e. The molecule has 8 nitrogen and oxygen atoms in total. The fourth-order valence-electron chi connectivity index (χ4n) is 3.62. The topological polar surface area (TPSA) is 118 Å². The van der Waals surface area contributed by atoms with Crippen LogP contribution in [0.3, 0.4) is 0 Å². The molecule has 1 saturated heterocycles. The third kappa shape index (κ3) is 5.84. The van der Waals surface area contributed by atoms with Gasteiger partial charge < -0.3 is 16.0 Å². The standard InChI is InChI=1S/C22H26FN5O3/c1-14-17(22(31)26-12-15-5-7-16(23)8-6-15)13-25-21(27-14)18-4-2-3-11-28(18)20(30)10-9-19(24)29/h5-8,13,18H,2-4,9-12H2,1H3,(H2,24,29)(H,26,31)/t18-/m1/s1. The number of rotatable bonds is 7. The van der Waals surface area contributed by atoms with E-state index in [0.717, 1.165) is 24.8 Å². The minimum atomic E-state index is -0.509. The Labute approximate surface area is 180 Å². The summed E-state index contributed by atoms with van der Waals surface area (Å²) in [7, 11) is 0. The average molecular weight is 427 g/mol. The van der Waals surface area contributed by atoms with Crippen LogP contribution in [0.2, 0.25) is 0 Å². The van der Waals surface area contributed by atoms with E-state index in [4.69, 9.17) is 5.73 Å². The van der Waals surface area contributed by atoms with Crippen LogP contribution in [-0.2, 0) is 16.1 Å². The van der Waals surface area contributed by atoms with Crippen molar-refractivity contribution in [2.45, 2.75) is 51.6 Å². The summed E-state index contributed by atoms with van der Waals surface area (Å²) in [5.41, 5.74) is 6.79. The Hall–Kier alpha value is -3.36. The monoisotopic (exact) mass is 427 g/mol.